The van der Waals surface area contributed by atoms with Crippen LogP contribution in [-0.2, 0) is 11.8 Å². The Morgan fingerprint density at radius 2 is 2.14 bits per heavy atom. The Labute approximate surface area is 131 Å². The topological polar surface area (TPSA) is 72.7 Å². The van der Waals surface area contributed by atoms with Crippen molar-refractivity contribution >= 4 is 40.1 Å². The summed E-state index contributed by atoms with van der Waals surface area (Å²) in [6, 6.07) is 0. The maximum atomic E-state index is 11.9. The van der Waals surface area contributed by atoms with Gasteiger partial charge in [-0.05, 0) is 13.0 Å². The van der Waals surface area contributed by atoms with Crippen LogP contribution in [0.4, 0.5) is 5.13 Å². The lowest BCUT2D eigenvalue weighted by atomic mass is 10.2. The van der Waals surface area contributed by atoms with E-state index < -0.39 is 0 Å². The Hall–Kier alpha value is -1.73. The molecule has 0 saturated heterocycles. The van der Waals surface area contributed by atoms with E-state index in [1.165, 1.54) is 17.4 Å². The summed E-state index contributed by atoms with van der Waals surface area (Å²) in [6.45, 7) is 5.89. The largest absolute Gasteiger partial charge is 0.297 e. The number of aromatic nitrogens is 4. The number of hydrogen-bond acceptors (Lipinski definition) is 5. The molecule has 0 radical (unpaired) electrons. The minimum absolute atomic E-state index is 0.277. The maximum Gasteiger partial charge on any atom is 0.250 e. The molecule has 0 aromatic carbocycles. The number of aryl methyl sites for hydroxylation is 2. The molecule has 0 aliphatic rings. The molecular formula is C13H16ClN5OS. The highest BCUT2D eigenvalue weighted by molar-refractivity contribution is 7.15. The predicted molar refractivity (Wildman–Crippen MR) is 84.6 cm³/mol. The van der Waals surface area contributed by atoms with Crippen LogP contribution >= 0.6 is 22.9 Å². The smallest absolute Gasteiger partial charge is 0.250 e. The summed E-state index contributed by atoms with van der Waals surface area (Å²) in [4.78, 5) is 11.9. The van der Waals surface area contributed by atoms with Gasteiger partial charge in [0.05, 0.1) is 5.69 Å². The lowest BCUT2D eigenvalue weighted by molar-refractivity contribution is -0.111. The number of nitrogens with one attached hydrogen (secondary N) is 1. The van der Waals surface area contributed by atoms with Gasteiger partial charge in [0, 0.05) is 24.6 Å². The number of carbonyl (C=O) groups is 1. The summed E-state index contributed by atoms with van der Waals surface area (Å²) in [5.74, 6) is 0.0151. The molecule has 2 aromatic heterocycles. The summed E-state index contributed by atoms with van der Waals surface area (Å²) in [6.07, 6.45) is 3.05. The van der Waals surface area contributed by atoms with Crippen LogP contribution in [0.2, 0.25) is 5.15 Å². The van der Waals surface area contributed by atoms with Gasteiger partial charge in [0.25, 0.3) is 0 Å². The molecule has 1 N–H and O–H groups in total. The van der Waals surface area contributed by atoms with E-state index in [9.17, 15) is 4.79 Å². The van der Waals surface area contributed by atoms with Crippen molar-refractivity contribution in [1.29, 1.82) is 0 Å². The minimum atomic E-state index is -0.277. The Bertz CT molecular complexity index is 689. The van der Waals surface area contributed by atoms with Gasteiger partial charge in [0.2, 0.25) is 11.0 Å². The normalized spacial score (nSPS) is 11.5. The summed E-state index contributed by atoms with van der Waals surface area (Å²) in [5, 5.41) is 16.7. The molecule has 6 nitrogen and oxygen atoms in total. The Kier molecular flexibility index (Phi) is 4.74. The van der Waals surface area contributed by atoms with Gasteiger partial charge in [0.1, 0.15) is 10.2 Å². The van der Waals surface area contributed by atoms with Crippen LogP contribution in [0.25, 0.3) is 6.08 Å². The van der Waals surface area contributed by atoms with Crippen molar-refractivity contribution in [3.05, 3.63) is 27.5 Å². The van der Waals surface area contributed by atoms with Gasteiger partial charge in [-0.1, -0.05) is 36.8 Å². The molecule has 0 saturated carbocycles. The van der Waals surface area contributed by atoms with E-state index >= 15 is 0 Å². The van der Waals surface area contributed by atoms with Crippen LogP contribution in [-0.4, -0.2) is 25.9 Å². The van der Waals surface area contributed by atoms with Crippen LogP contribution in [0.1, 0.15) is 36.0 Å². The zero-order valence-electron chi connectivity index (χ0n) is 12.2. The number of nitrogens with zero attached hydrogens (tertiary/aromatic N) is 4. The zero-order chi connectivity index (χ0) is 15.6. The van der Waals surface area contributed by atoms with Crippen LogP contribution in [0.15, 0.2) is 6.08 Å². The van der Waals surface area contributed by atoms with Gasteiger partial charge >= 0.3 is 0 Å². The molecule has 2 rings (SSSR count). The first-order valence-corrected chi connectivity index (χ1v) is 7.59. The molecule has 2 heterocycles. The highest BCUT2D eigenvalue weighted by atomic mass is 35.5. The second kappa shape index (κ2) is 6.36. The van der Waals surface area contributed by atoms with Crippen LogP contribution in [0, 0.1) is 6.92 Å². The maximum absolute atomic E-state index is 11.9. The molecule has 21 heavy (non-hydrogen) atoms. The van der Waals surface area contributed by atoms with E-state index in [0.717, 1.165) is 16.3 Å². The third-order valence-electron chi connectivity index (χ3n) is 2.76. The molecular weight excluding hydrogens is 310 g/mol. The van der Waals surface area contributed by atoms with Gasteiger partial charge in [0.15, 0.2) is 0 Å². The minimum Gasteiger partial charge on any atom is -0.297 e. The van der Waals surface area contributed by atoms with Gasteiger partial charge in [-0.25, -0.2) is 0 Å². The van der Waals surface area contributed by atoms with Crippen LogP contribution in [0.3, 0.4) is 0 Å². The number of carbonyl (C=O) groups excluding carboxylic acids is 1. The molecule has 2 aromatic rings. The molecule has 0 fully saturated rings. The third kappa shape index (κ3) is 3.68. The SMILES string of the molecule is Cc1nn(C)c(Cl)c1/C=C/C(=O)Nc1nnc(C(C)C)s1. The van der Waals surface area contributed by atoms with Gasteiger partial charge in [-0.2, -0.15) is 5.10 Å². The molecule has 8 heteroatoms. The fourth-order valence-corrected chi connectivity index (χ4v) is 2.65. The summed E-state index contributed by atoms with van der Waals surface area (Å²) in [5.41, 5.74) is 1.50. The average Bonchev–Trinajstić information content (AvgIpc) is 2.95. The number of rotatable bonds is 4. The number of anilines is 1. The van der Waals surface area contributed by atoms with E-state index in [1.807, 2.05) is 20.8 Å². The van der Waals surface area contributed by atoms with Crippen molar-refractivity contribution < 1.29 is 4.79 Å². The van der Waals surface area contributed by atoms with Crippen LogP contribution in [0.5, 0.6) is 0 Å². The molecule has 0 aliphatic heterocycles. The number of halogens is 1. The Balaban J connectivity index is 2.05. The van der Waals surface area contributed by atoms with E-state index in [-0.39, 0.29) is 5.91 Å². The molecule has 1 amide bonds. The average molecular weight is 326 g/mol. The first-order chi connectivity index (χ1) is 9.88. The standard InChI is InChI=1S/C13H16ClN5OS/c1-7(2)12-16-17-13(21-12)15-10(20)6-5-9-8(3)18-19(4)11(9)14/h5-7H,1-4H3,(H,15,17,20)/b6-5+. The summed E-state index contributed by atoms with van der Waals surface area (Å²) in [7, 11) is 1.75. The lowest BCUT2D eigenvalue weighted by Crippen LogP contribution is -2.07. The van der Waals surface area contributed by atoms with Crippen molar-refractivity contribution in [2.75, 3.05) is 5.32 Å². The van der Waals surface area contributed by atoms with Crippen molar-refractivity contribution in [1.82, 2.24) is 20.0 Å². The first kappa shape index (κ1) is 15.7. The fourth-order valence-electron chi connectivity index (χ4n) is 1.66. The molecule has 0 unspecified atom stereocenters. The molecule has 0 atom stereocenters. The second-order valence-electron chi connectivity index (χ2n) is 4.84. The van der Waals surface area contributed by atoms with Crippen molar-refractivity contribution in [3.63, 3.8) is 0 Å². The second-order valence-corrected chi connectivity index (χ2v) is 6.20. The number of hydrogen-bond donors (Lipinski definition) is 1. The predicted octanol–water partition coefficient (Wildman–Crippen LogP) is 3.01. The molecule has 0 spiro atoms. The van der Waals surface area contributed by atoms with Crippen LogP contribution < -0.4 is 5.32 Å². The lowest BCUT2D eigenvalue weighted by Gasteiger charge is -1.96. The van der Waals surface area contributed by atoms with E-state index in [1.54, 1.807) is 17.8 Å². The van der Waals surface area contributed by atoms with Gasteiger partial charge < -0.3 is 0 Å². The third-order valence-corrected chi connectivity index (χ3v) is 4.35. The fraction of sp³-hybridized carbons (Fsp3) is 0.385. The highest BCUT2D eigenvalue weighted by Gasteiger charge is 2.10. The Morgan fingerprint density at radius 3 is 2.67 bits per heavy atom. The molecule has 112 valence electrons. The van der Waals surface area contributed by atoms with E-state index in [0.29, 0.717) is 16.2 Å². The van der Waals surface area contributed by atoms with Gasteiger partial charge in [-0.15, -0.1) is 10.2 Å². The van der Waals surface area contributed by atoms with E-state index in [2.05, 4.69) is 20.6 Å². The Morgan fingerprint density at radius 1 is 1.43 bits per heavy atom. The summed E-state index contributed by atoms with van der Waals surface area (Å²) >= 11 is 7.46. The first-order valence-electron chi connectivity index (χ1n) is 6.40. The van der Waals surface area contributed by atoms with E-state index in [4.69, 9.17) is 11.6 Å². The highest BCUT2D eigenvalue weighted by Crippen LogP contribution is 2.23. The monoisotopic (exact) mass is 325 g/mol. The van der Waals surface area contributed by atoms with Crippen molar-refractivity contribution in [2.24, 2.45) is 7.05 Å². The van der Waals surface area contributed by atoms with Crippen molar-refractivity contribution in [2.45, 2.75) is 26.7 Å². The molecule has 0 aliphatic carbocycles. The zero-order valence-corrected chi connectivity index (χ0v) is 13.8. The summed E-state index contributed by atoms with van der Waals surface area (Å²) < 4.78 is 1.56. The number of amides is 1. The van der Waals surface area contributed by atoms with Crippen molar-refractivity contribution in [3.8, 4) is 0 Å². The van der Waals surface area contributed by atoms with Gasteiger partial charge in [-0.3, -0.25) is 14.8 Å². The quantitative estimate of drug-likeness (QED) is 0.877. The molecule has 0 bridgehead atoms.